The van der Waals surface area contributed by atoms with Crippen LogP contribution in [0.3, 0.4) is 0 Å². The number of para-hydroxylation sites is 1. The SMILES string of the molecule is O=S(=O)(O)C(F)(F)F.O=S(=O)(O)C(F)(F)F.O=S(=O)(O)C(F)(F)F.Oc1ccccc1. The van der Waals surface area contributed by atoms with Crippen LogP contribution in [0.2, 0.25) is 0 Å². The number of aromatic hydroxyl groups is 1. The molecule has 0 bridgehead atoms. The van der Waals surface area contributed by atoms with Gasteiger partial charge < -0.3 is 5.11 Å². The lowest BCUT2D eigenvalue weighted by atomic mass is 10.3. The highest BCUT2D eigenvalue weighted by Gasteiger charge is 2.45. The van der Waals surface area contributed by atoms with E-state index in [2.05, 4.69) is 0 Å². The van der Waals surface area contributed by atoms with Crippen LogP contribution in [0.15, 0.2) is 30.3 Å². The number of alkyl halides is 9. The standard InChI is InChI=1S/C6H6O.3CHF3O3S/c7-6-4-2-1-3-5-6;3*2-1(3,4)8(5,6)7/h1-5,7H;3*(H,5,6,7). The summed E-state index contributed by atoms with van der Waals surface area (Å²) in [7, 11) is -17.5. The van der Waals surface area contributed by atoms with Crippen LogP contribution < -0.4 is 0 Å². The van der Waals surface area contributed by atoms with E-state index < -0.39 is 46.9 Å². The largest absolute Gasteiger partial charge is 0.522 e. The van der Waals surface area contributed by atoms with Crippen molar-refractivity contribution >= 4 is 30.4 Å². The molecule has 1 aromatic rings. The van der Waals surface area contributed by atoms with Gasteiger partial charge in [0.05, 0.1) is 0 Å². The van der Waals surface area contributed by atoms with E-state index in [1.165, 1.54) is 0 Å². The fourth-order valence-electron chi connectivity index (χ4n) is 0.428. The molecule has 0 unspecified atom stereocenters. The van der Waals surface area contributed by atoms with Gasteiger partial charge in [0.2, 0.25) is 0 Å². The Morgan fingerprint density at radius 2 is 0.677 bits per heavy atom. The molecule has 0 amide bonds. The van der Waals surface area contributed by atoms with Gasteiger partial charge in [-0.25, -0.2) is 0 Å². The molecule has 31 heavy (non-hydrogen) atoms. The molecule has 186 valence electrons. The van der Waals surface area contributed by atoms with Crippen molar-refractivity contribution in [3.63, 3.8) is 0 Å². The van der Waals surface area contributed by atoms with Gasteiger partial charge in [0.1, 0.15) is 5.75 Å². The third kappa shape index (κ3) is 17.5. The monoisotopic (exact) mass is 544 g/mol. The molecule has 0 aromatic heterocycles. The van der Waals surface area contributed by atoms with Crippen LogP contribution in [0.4, 0.5) is 39.5 Å². The zero-order chi connectivity index (χ0) is 26.1. The Kier molecular flexibility index (Phi) is 12.7. The van der Waals surface area contributed by atoms with E-state index in [9.17, 15) is 39.5 Å². The summed E-state index contributed by atoms with van der Waals surface area (Å²) in [6.45, 7) is 0. The predicted octanol–water partition coefficient (Wildman–Crippen LogP) is 2.57. The van der Waals surface area contributed by atoms with Crippen molar-refractivity contribution in [1.29, 1.82) is 0 Å². The van der Waals surface area contributed by atoms with E-state index in [0.29, 0.717) is 5.75 Å². The average Bonchev–Trinajstić information content (AvgIpc) is 2.43. The zero-order valence-corrected chi connectivity index (χ0v) is 16.2. The lowest BCUT2D eigenvalue weighted by Crippen LogP contribution is -2.21. The minimum atomic E-state index is -5.84. The second kappa shape index (κ2) is 11.7. The smallest absolute Gasteiger partial charge is 0.508 e. The van der Waals surface area contributed by atoms with Gasteiger partial charge in [-0.3, -0.25) is 13.7 Å². The molecule has 0 aliphatic rings. The molecule has 0 saturated heterocycles. The lowest BCUT2D eigenvalue weighted by Gasteiger charge is -1.97. The summed E-state index contributed by atoms with van der Waals surface area (Å²) in [6.07, 6.45) is 0. The Hall–Kier alpha value is -1.88. The minimum Gasteiger partial charge on any atom is -0.508 e. The molecule has 0 heterocycles. The van der Waals surface area contributed by atoms with Crippen LogP contribution >= 0.6 is 0 Å². The Balaban J connectivity index is -0.000000337. The third-order valence-corrected chi connectivity index (χ3v) is 3.39. The Morgan fingerprint density at radius 1 is 0.516 bits per heavy atom. The van der Waals surface area contributed by atoms with Crippen LogP contribution in [-0.4, -0.2) is 60.5 Å². The molecule has 0 fully saturated rings. The fourth-order valence-corrected chi connectivity index (χ4v) is 0.428. The van der Waals surface area contributed by atoms with Crippen molar-refractivity contribution in [2.45, 2.75) is 16.5 Å². The highest BCUT2D eigenvalue weighted by atomic mass is 32.2. The molecule has 10 nitrogen and oxygen atoms in total. The van der Waals surface area contributed by atoms with Crippen LogP contribution in [0.5, 0.6) is 5.75 Å². The number of phenolic OH excluding ortho intramolecular Hbond substituents is 1. The molecule has 22 heteroatoms. The van der Waals surface area contributed by atoms with Gasteiger partial charge in [-0.15, -0.1) is 0 Å². The van der Waals surface area contributed by atoms with Crippen molar-refractivity contribution in [3.8, 4) is 5.75 Å². The van der Waals surface area contributed by atoms with Crippen LogP contribution in [-0.2, 0) is 30.4 Å². The second-order valence-electron chi connectivity index (χ2n) is 4.10. The molecule has 0 radical (unpaired) electrons. The van der Waals surface area contributed by atoms with Gasteiger partial charge in [0.15, 0.2) is 0 Å². The fraction of sp³-hybridized carbons (Fsp3) is 0.333. The maximum absolute atomic E-state index is 10.7. The van der Waals surface area contributed by atoms with Crippen molar-refractivity contribution in [2.75, 3.05) is 0 Å². The number of phenols is 1. The summed E-state index contributed by atoms with van der Waals surface area (Å²) in [5.41, 5.74) is -16.6. The molecule has 0 saturated carbocycles. The summed E-state index contributed by atoms with van der Waals surface area (Å²) in [5.74, 6) is 0.322. The molecule has 1 aromatic carbocycles. The second-order valence-corrected chi connectivity index (χ2v) is 8.34. The quantitative estimate of drug-likeness (QED) is 0.215. The van der Waals surface area contributed by atoms with E-state index in [-0.39, 0.29) is 0 Å². The first-order valence-corrected chi connectivity index (χ1v) is 10.3. The maximum atomic E-state index is 10.7. The normalized spacial score (nSPS) is 12.8. The van der Waals surface area contributed by atoms with Crippen LogP contribution in [0.25, 0.3) is 0 Å². The first kappa shape index (κ1) is 33.8. The molecular formula is C9H9F9O10S3. The number of halogens is 9. The zero-order valence-electron chi connectivity index (χ0n) is 13.8. The topological polar surface area (TPSA) is 183 Å². The van der Waals surface area contributed by atoms with Crippen molar-refractivity contribution < 1.29 is 83.5 Å². The first-order chi connectivity index (χ1) is 13.1. The Morgan fingerprint density at radius 3 is 0.742 bits per heavy atom. The van der Waals surface area contributed by atoms with Gasteiger partial charge in [-0.05, 0) is 12.1 Å². The summed E-state index contributed by atoms with van der Waals surface area (Å²) < 4.78 is 173. The number of benzene rings is 1. The molecular weight excluding hydrogens is 535 g/mol. The summed E-state index contributed by atoms with van der Waals surface area (Å²) in [4.78, 5) is 0. The van der Waals surface area contributed by atoms with E-state index >= 15 is 0 Å². The van der Waals surface area contributed by atoms with Gasteiger partial charge >= 0.3 is 46.9 Å². The maximum Gasteiger partial charge on any atom is 0.522 e. The van der Waals surface area contributed by atoms with E-state index in [1.54, 1.807) is 24.3 Å². The third-order valence-electron chi connectivity index (χ3n) is 1.63. The lowest BCUT2D eigenvalue weighted by molar-refractivity contribution is -0.0514. The van der Waals surface area contributed by atoms with Crippen molar-refractivity contribution in [1.82, 2.24) is 0 Å². The Labute approximate surface area is 167 Å². The summed E-state index contributed by atoms with van der Waals surface area (Å²) >= 11 is 0. The average molecular weight is 544 g/mol. The highest BCUT2D eigenvalue weighted by molar-refractivity contribution is 7.87. The number of hydrogen-bond donors (Lipinski definition) is 4. The predicted molar refractivity (Wildman–Crippen MR) is 80.9 cm³/mol. The van der Waals surface area contributed by atoms with Gasteiger partial charge in [-0.2, -0.15) is 64.8 Å². The van der Waals surface area contributed by atoms with E-state index in [0.717, 1.165) is 0 Å². The molecule has 0 atom stereocenters. The molecule has 4 N–H and O–H groups in total. The molecule has 0 aliphatic heterocycles. The van der Waals surface area contributed by atoms with E-state index in [1.807, 2.05) is 6.07 Å². The molecule has 0 spiro atoms. The highest BCUT2D eigenvalue weighted by Crippen LogP contribution is 2.21. The van der Waals surface area contributed by atoms with E-state index in [4.69, 9.17) is 44.0 Å². The first-order valence-electron chi connectivity index (χ1n) is 6.00. The van der Waals surface area contributed by atoms with Gasteiger partial charge in [0.25, 0.3) is 0 Å². The summed E-state index contributed by atoms with van der Waals surface area (Å²) in [5, 5.41) is 8.63. The summed E-state index contributed by atoms with van der Waals surface area (Å²) in [6, 6.07) is 8.71. The van der Waals surface area contributed by atoms with Gasteiger partial charge in [0, 0.05) is 0 Å². The molecule has 0 aliphatic carbocycles. The molecule has 1 rings (SSSR count). The number of hydrogen-bond acceptors (Lipinski definition) is 7. The van der Waals surface area contributed by atoms with Crippen LogP contribution in [0.1, 0.15) is 0 Å². The van der Waals surface area contributed by atoms with Gasteiger partial charge in [-0.1, -0.05) is 18.2 Å². The van der Waals surface area contributed by atoms with Crippen molar-refractivity contribution in [3.05, 3.63) is 30.3 Å². The minimum absolute atomic E-state index is 0.322. The van der Waals surface area contributed by atoms with Crippen LogP contribution in [0, 0.1) is 0 Å². The van der Waals surface area contributed by atoms with Crippen molar-refractivity contribution in [2.24, 2.45) is 0 Å². The number of rotatable bonds is 0. The Bertz CT molecular complexity index is 862.